The van der Waals surface area contributed by atoms with Crippen molar-refractivity contribution in [3.63, 3.8) is 0 Å². The molecule has 5 heteroatoms. The molecular weight excluding hydrogens is 234 g/mol. The van der Waals surface area contributed by atoms with E-state index in [4.69, 9.17) is 9.47 Å². The number of aromatic hydroxyl groups is 1. The number of ether oxygens (including phenoxy) is 2. The van der Waals surface area contributed by atoms with Gasteiger partial charge in [-0.25, -0.2) is 0 Å². The lowest BCUT2D eigenvalue weighted by molar-refractivity contribution is 0.0694. The zero-order valence-electron chi connectivity index (χ0n) is 10.9. The molecule has 18 heavy (non-hydrogen) atoms. The summed E-state index contributed by atoms with van der Waals surface area (Å²) in [6, 6.07) is 4.52. The molecule has 1 aromatic carbocycles. The monoisotopic (exact) mass is 253 g/mol. The van der Waals surface area contributed by atoms with Crippen LogP contribution >= 0.6 is 0 Å². The summed E-state index contributed by atoms with van der Waals surface area (Å²) in [4.78, 5) is 11.9. The van der Waals surface area contributed by atoms with E-state index in [-0.39, 0.29) is 23.3 Å². The van der Waals surface area contributed by atoms with Gasteiger partial charge in [-0.05, 0) is 32.0 Å². The van der Waals surface area contributed by atoms with Crippen LogP contribution in [0.15, 0.2) is 18.2 Å². The number of phenolic OH excluding ortho intramolecular Hbond substituents is 1. The highest BCUT2D eigenvalue weighted by Crippen LogP contribution is 2.22. The normalized spacial score (nSPS) is 11.9. The maximum atomic E-state index is 11.9. The first-order chi connectivity index (χ1) is 8.58. The summed E-state index contributed by atoms with van der Waals surface area (Å²) < 4.78 is 10.3. The van der Waals surface area contributed by atoms with Gasteiger partial charge in [-0.3, -0.25) is 4.79 Å². The Morgan fingerprint density at radius 1 is 1.50 bits per heavy atom. The molecule has 0 aliphatic carbocycles. The molecule has 0 saturated carbocycles. The van der Waals surface area contributed by atoms with Gasteiger partial charge in [0.2, 0.25) is 0 Å². The maximum absolute atomic E-state index is 11.9. The lowest BCUT2D eigenvalue weighted by Crippen LogP contribution is -2.32. The van der Waals surface area contributed by atoms with Crippen LogP contribution in [0.5, 0.6) is 11.5 Å². The van der Waals surface area contributed by atoms with E-state index < -0.39 is 0 Å². The van der Waals surface area contributed by atoms with Crippen LogP contribution in [0.4, 0.5) is 0 Å². The lowest BCUT2D eigenvalue weighted by Gasteiger charge is -2.13. The highest BCUT2D eigenvalue weighted by molar-refractivity contribution is 5.97. The van der Waals surface area contributed by atoms with Crippen molar-refractivity contribution in [3.8, 4) is 11.5 Å². The van der Waals surface area contributed by atoms with E-state index in [0.717, 1.165) is 0 Å². The summed E-state index contributed by atoms with van der Waals surface area (Å²) in [6.45, 7) is 4.76. The van der Waals surface area contributed by atoms with Gasteiger partial charge in [0.1, 0.15) is 11.5 Å². The molecule has 1 rings (SSSR count). The molecule has 2 N–H and O–H groups in total. The quantitative estimate of drug-likeness (QED) is 0.807. The van der Waals surface area contributed by atoms with E-state index in [1.807, 2.05) is 13.8 Å². The highest BCUT2D eigenvalue weighted by Gasteiger charge is 2.13. The summed E-state index contributed by atoms with van der Waals surface area (Å²) in [5.41, 5.74) is 0.193. The Morgan fingerprint density at radius 2 is 2.22 bits per heavy atom. The van der Waals surface area contributed by atoms with Gasteiger partial charge >= 0.3 is 0 Å². The van der Waals surface area contributed by atoms with Gasteiger partial charge in [0, 0.05) is 13.2 Å². The van der Waals surface area contributed by atoms with Crippen LogP contribution in [-0.4, -0.2) is 37.4 Å². The molecule has 0 aliphatic rings. The van der Waals surface area contributed by atoms with E-state index in [2.05, 4.69) is 5.32 Å². The Labute approximate surface area is 107 Å². The third-order valence-corrected chi connectivity index (χ3v) is 2.45. The number of carbonyl (C=O) groups excluding carboxylic acids is 1. The van der Waals surface area contributed by atoms with Crippen LogP contribution in [-0.2, 0) is 4.74 Å². The topological polar surface area (TPSA) is 67.8 Å². The standard InChI is InChI=1S/C13H19NO4/c1-4-18-9(2)8-14-13(16)11-7-10(17-3)5-6-12(11)15/h5-7,9,15H,4,8H2,1-3H3,(H,14,16). The van der Waals surface area contributed by atoms with Gasteiger partial charge in [-0.2, -0.15) is 0 Å². The van der Waals surface area contributed by atoms with Gasteiger partial charge in [0.05, 0.1) is 18.8 Å². The SMILES string of the molecule is CCOC(C)CNC(=O)c1cc(OC)ccc1O. The van der Waals surface area contributed by atoms with Crippen molar-refractivity contribution in [2.75, 3.05) is 20.3 Å². The Morgan fingerprint density at radius 3 is 2.83 bits per heavy atom. The minimum absolute atomic E-state index is 0.0632. The number of hydrogen-bond donors (Lipinski definition) is 2. The molecule has 0 saturated heterocycles. The van der Waals surface area contributed by atoms with Gasteiger partial charge < -0.3 is 19.9 Å². The van der Waals surface area contributed by atoms with Gasteiger partial charge in [0.25, 0.3) is 5.91 Å². The third kappa shape index (κ3) is 3.92. The van der Waals surface area contributed by atoms with Crippen LogP contribution in [0, 0.1) is 0 Å². The minimum Gasteiger partial charge on any atom is -0.507 e. The first-order valence-corrected chi connectivity index (χ1v) is 5.85. The third-order valence-electron chi connectivity index (χ3n) is 2.45. The second-order valence-corrected chi connectivity index (χ2v) is 3.86. The van der Waals surface area contributed by atoms with Crippen molar-refractivity contribution in [2.24, 2.45) is 0 Å². The maximum Gasteiger partial charge on any atom is 0.255 e. The fraction of sp³-hybridized carbons (Fsp3) is 0.462. The van der Waals surface area contributed by atoms with Crippen molar-refractivity contribution in [1.82, 2.24) is 5.32 Å². The first kappa shape index (κ1) is 14.3. The predicted octanol–water partition coefficient (Wildman–Crippen LogP) is 1.56. The van der Waals surface area contributed by atoms with Crippen molar-refractivity contribution in [3.05, 3.63) is 23.8 Å². The molecule has 1 unspecified atom stereocenters. The summed E-state index contributed by atoms with van der Waals surface area (Å²) >= 11 is 0. The number of carbonyl (C=O) groups is 1. The van der Waals surface area contributed by atoms with E-state index in [0.29, 0.717) is 18.9 Å². The van der Waals surface area contributed by atoms with Crippen LogP contribution in [0.2, 0.25) is 0 Å². The zero-order chi connectivity index (χ0) is 13.5. The summed E-state index contributed by atoms with van der Waals surface area (Å²) in [6.07, 6.45) is -0.0632. The second-order valence-electron chi connectivity index (χ2n) is 3.86. The molecule has 100 valence electrons. The van der Waals surface area contributed by atoms with E-state index in [9.17, 15) is 9.90 Å². The molecule has 0 heterocycles. The number of phenols is 1. The number of hydrogen-bond acceptors (Lipinski definition) is 4. The number of nitrogens with one attached hydrogen (secondary N) is 1. The molecule has 1 amide bonds. The van der Waals surface area contributed by atoms with Crippen molar-refractivity contribution < 1.29 is 19.4 Å². The number of methoxy groups -OCH3 is 1. The molecule has 0 bridgehead atoms. The summed E-state index contributed by atoms with van der Waals surface area (Å²) in [5, 5.41) is 12.3. The molecule has 0 spiro atoms. The zero-order valence-corrected chi connectivity index (χ0v) is 10.9. The molecular formula is C13H19NO4. The van der Waals surface area contributed by atoms with Crippen LogP contribution < -0.4 is 10.1 Å². The first-order valence-electron chi connectivity index (χ1n) is 5.85. The van der Waals surface area contributed by atoms with E-state index in [1.165, 1.54) is 19.2 Å². The smallest absolute Gasteiger partial charge is 0.255 e. The number of rotatable bonds is 6. The average Bonchev–Trinajstić information content (AvgIpc) is 2.37. The van der Waals surface area contributed by atoms with Gasteiger partial charge in [0.15, 0.2) is 0 Å². The highest BCUT2D eigenvalue weighted by atomic mass is 16.5. The fourth-order valence-electron chi connectivity index (χ4n) is 1.50. The Bertz CT molecular complexity index is 406. The van der Waals surface area contributed by atoms with Gasteiger partial charge in [-0.1, -0.05) is 0 Å². The second kappa shape index (κ2) is 6.86. The Balaban J connectivity index is 2.66. The molecule has 5 nitrogen and oxygen atoms in total. The minimum atomic E-state index is -0.349. The molecule has 0 aromatic heterocycles. The molecule has 0 radical (unpaired) electrons. The summed E-state index contributed by atoms with van der Waals surface area (Å²) in [7, 11) is 1.51. The van der Waals surface area contributed by atoms with Crippen molar-refractivity contribution in [2.45, 2.75) is 20.0 Å². The van der Waals surface area contributed by atoms with Crippen LogP contribution in [0.3, 0.4) is 0 Å². The van der Waals surface area contributed by atoms with E-state index >= 15 is 0 Å². The van der Waals surface area contributed by atoms with Crippen LogP contribution in [0.25, 0.3) is 0 Å². The lowest BCUT2D eigenvalue weighted by atomic mass is 10.1. The van der Waals surface area contributed by atoms with E-state index in [1.54, 1.807) is 6.07 Å². The van der Waals surface area contributed by atoms with Gasteiger partial charge in [-0.15, -0.1) is 0 Å². The van der Waals surface area contributed by atoms with Crippen molar-refractivity contribution >= 4 is 5.91 Å². The van der Waals surface area contributed by atoms with Crippen LogP contribution in [0.1, 0.15) is 24.2 Å². The largest absolute Gasteiger partial charge is 0.507 e. The summed E-state index contributed by atoms with van der Waals surface area (Å²) in [5.74, 6) is 0.103. The average molecular weight is 253 g/mol. The Kier molecular flexibility index (Phi) is 5.45. The predicted molar refractivity (Wildman–Crippen MR) is 68.1 cm³/mol. The molecule has 0 fully saturated rings. The van der Waals surface area contributed by atoms with Crippen molar-refractivity contribution in [1.29, 1.82) is 0 Å². The molecule has 1 atom stereocenters. The molecule has 1 aromatic rings. The fourth-order valence-corrected chi connectivity index (χ4v) is 1.50. The number of benzene rings is 1. The number of amides is 1. The Hall–Kier alpha value is -1.75. The molecule has 0 aliphatic heterocycles.